The molecule has 1 atom stereocenters. The molecule has 212 valence electrons. The summed E-state index contributed by atoms with van der Waals surface area (Å²) in [6.45, 7) is 3.19. The van der Waals surface area contributed by atoms with Crippen molar-refractivity contribution in [2.75, 3.05) is 19.7 Å². The minimum absolute atomic E-state index is 0.00174. The number of carbonyl (C=O) groups is 1. The monoisotopic (exact) mass is 579 g/mol. The summed E-state index contributed by atoms with van der Waals surface area (Å²) in [7, 11) is 0. The van der Waals surface area contributed by atoms with Crippen molar-refractivity contribution in [1.29, 1.82) is 0 Å². The molecule has 41 heavy (non-hydrogen) atoms. The van der Waals surface area contributed by atoms with Gasteiger partial charge < -0.3 is 19.1 Å². The second-order valence-electron chi connectivity index (χ2n) is 10.3. The molecular formula is C31H28ClF2N3O4. The molecule has 0 radical (unpaired) electrons. The SMILES string of the molecule is O=C(O)c1ccc2nc(CN3CC=C(c4cc(OCc5ccc(Cl)cc5F)ccc4F)CC3)n(C[C@@H]3CCO3)c2c1. The number of benzene rings is 3. The van der Waals surface area contributed by atoms with E-state index in [9.17, 15) is 18.7 Å². The van der Waals surface area contributed by atoms with Gasteiger partial charge in [-0.3, -0.25) is 4.90 Å². The van der Waals surface area contributed by atoms with Gasteiger partial charge in [-0.25, -0.2) is 18.6 Å². The van der Waals surface area contributed by atoms with Crippen molar-refractivity contribution in [3.05, 3.63) is 99.8 Å². The predicted molar refractivity (Wildman–Crippen MR) is 151 cm³/mol. The number of carboxylic acid groups (broad SMARTS) is 1. The zero-order valence-corrected chi connectivity index (χ0v) is 22.9. The van der Waals surface area contributed by atoms with Crippen molar-refractivity contribution in [2.24, 2.45) is 0 Å². The molecule has 6 rings (SSSR count). The molecule has 2 aliphatic heterocycles. The third-order valence-electron chi connectivity index (χ3n) is 7.61. The average Bonchev–Trinajstić information content (AvgIpc) is 3.27. The Bertz CT molecular complexity index is 1650. The van der Waals surface area contributed by atoms with E-state index in [0.29, 0.717) is 54.5 Å². The van der Waals surface area contributed by atoms with Gasteiger partial charge in [0.1, 0.15) is 29.8 Å². The molecule has 0 bridgehead atoms. The number of imidazole rings is 1. The van der Waals surface area contributed by atoms with Crippen molar-refractivity contribution in [3.8, 4) is 5.75 Å². The maximum Gasteiger partial charge on any atom is 0.335 e. The van der Waals surface area contributed by atoms with Gasteiger partial charge in [0.15, 0.2) is 0 Å². The van der Waals surface area contributed by atoms with Crippen LogP contribution in [-0.4, -0.2) is 51.3 Å². The number of carboxylic acids is 1. The standard InChI is InChI=1S/C31H28ClF2N3O4/c32-22-3-1-21(27(34)14-22)18-41-23-4-5-26(33)25(15-23)19-7-10-36(11-8-19)17-30-35-28-6-2-20(31(38)39)13-29(28)37(30)16-24-9-12-40-24/h1-7,13-15,24H,8-12,16-18H2,(H,38,39)/t24-/m0/s1. The predicted octanol–water partition coefficient (Wildman–Crippen LogP) is 6.32. The summed E-state index contributed by atoms with van der Waals surface area (Å²) in [5, 5.41) is 9.79. The van der Waals surface area contributed by atoms with Gasteiger partial charge in [-0.15, -0.1) is 0 Å². The van der Waals surface area contributed by atoms with Crippen LogP contribution < -0.4 is 4.74 Å². The van der Waals surface area contributed by atoms with Gasteiger partial charge >= 0.3 is 5.97 Å². The molecule has 0 unspecified atom stereocenters. The Morgan fingerprint density at radius 3 is 2.68 bits per heavy atom. The Hall–Kier alpha value is -3.79. The van der Waals surface area contributed by atoms with E-state index in [1.807, 2.05) is 6.08 Å². The zero-order chi connectivity index (χ0) is 28.5. The molecule has 0 aliphatic carbocycles. The van der Waals surface area contributed by atoms with Crippen molar-refractivity contribution in [3.63, 3.8) is 0 Å². The highest BCUT2D eigenvalue weighted by Gasteiger charge is 2.24. The number of hydrogen-bond acceptors (Lipinski definition) is 5. The zero-order valence-electron chi connectivity index (χ0n) is 22.2. The Morgan fingerprint density at radius 1 is 1.12 bits per heavy atom. The summed E-state index contributed by atoms with van der Waals surface area (Å²) in [5.74, 6) is -0.483. The lowest BCUT2D eigenvalue weighted by molar-refractivity contribution is -0.0591. The molecule has 10 heteroatoms. The maximum absolute atomic E-state index is 14.8. The summed E-state index contributed by atoms with van der Waals surface area (Å²) in [6.07, 6.45) is 3.67. The van der Waals surface area contributed by atoms with Gasteiger partial charge in [0.25, 0.3) is 0 Å². The summed E-state index contributed by atoms with van der Waals surface area (Å²) in [4.78, 5) is 18.6. The molecule has 1 fully saturated rings. The Kier molecular flexibility index (Phi) is 7.75. The molecular weight excluding hydrogens is 552 g/mol. The van der Waals surface area contributed by atoms with Crippen molar-refractivity contribution >= 4 is 34.2 Å². The van der Waals surface area contributed by atoms with Crippen LogP contribution >= 0.6 is 11.6 Å². The van der Waals surface area contributed by atoms with E-state index >= 15 is 0 Å². The maximum atomic E-state index is 14.8. The number of hydrogen-bond donors (Lipinski definition) is 1. The summed E-state index contributed by atoms with van der Waals surface area (Å²) >= 11 is 5.82. The minimum Gasteiger partial charge on any atom is -0.489 e. The van der Waals surface area contributed by atoms with Gasteiger partial charge in [0, 0.05) is 35.8 Å². The smallest absolute Gasteiger partial charge is 0.335 e. The second-order valence-corrected chi connectivity index (χ2v) is 10.7. The van der Waals surface area contributed by atoms with E-state index in [2.05, 4.69) is 9.47 Å². The lowest BCUT2D eigenvalue weighted by Gasteiger charge is -2.29. The summed E-state index contributed by atoms with van der Waals surface area (Å²) in [5.41, 5.74) is 3.45. The normalized spacial score (nSPS) is 17.3. The van der Waals surface area contributed by atoms with Crippen LogP contribution in [0.2, 0.25) is 5.02 Å². The van der Waals surface area contributed by atoms with E-state index in [1.54, 1.807) is 36.4 Å². The van der Waals surface area contributed by atoms with Crippen LogP contribution in [0.15, 0.2) is 60.7 Å². The first kappa shape index (κ1) is 27.4. The summed E-state index contributed by atoms with van der Waals surface area (Å²) in [6, 6.07) is 13.9. The van der Waals surface area contributed by atoms with Crippen LogP contribution in [0.4, 0.5) is 8.78 Å². The average molecular weight is 580 g/mol. The van der Waals surface area contributed by atoms with Crippen LogP contribution in [0.3, 0.4) is 0 Å². The van der Waals surface area contributed by atoms with Crippen molar-refractivity contribution in [2.45, 2.75) is 38.6 Å². The van der Waals surface area contributed by atoms with E-state index in [1.165, 1.54) is 18.2 Å². The lowest BCUT2D eigenvalue weighted by Crippen LogP contribution is -2.33. The highest BCUT2D eigenvalue weighted by Crippen LogP contribution is 2.30. The molecule has 1 saturated heterocycles. The third-order valence-corrected chi connectivity index (χ3v) is 7.84. The van der Waals surface area contributed by atoms with Crippen molar-refractivity contribution in [1.82, 2.24) is 14.5 Å². The Labute approximate surface area is 240 Å². The fourth-order valence-electron chi connectivity index (χ4n) is 5.20. The fraction of sp³-hybridized carbons (Fsp3) is 0.290. The summed E-state index contributed by atoms with van der Waals surface area (Å²) < 4.78 is 42.4. The first-order valence-corrected chi connectivity index (χ1v) is 13.8. The quantitative estimate of drug-likeness (QED) is 0.250. The first-order valence-electron chi connectivity index (χ1n) is 13.5. The second kappa shape index (κ2) is 11.6. The number of fused-ring (bicyclic) bond motifs is 1. The molecule has 3 aromatic carbocycles. The molecule has 1 aromatic heterocycles. The number of nitrogens with zero attached hydrogens (tertiary/aromatic N) is 3. The Balaban J connectivity index is 1.17. The largest absolute Gasteiger partial charge is 0.489 e. The van der Waals surface area contributed by atoms with Gasteiger partial charge in [0.2, 0.25) is 0 Å². The van der Waals surface area contributed by atoms with E-state index < -0.39 is 11.8 Å². The van der Waals surface area contributed by atoms with Crippen LogP contribution in [0, 0.1) is 11.6 Å². The number of rotatable bonds is 9. The first-order chi connectivity index (χ1) is 19.8. The highest BCUT2D eigenvalue weighted by atomic mass is 35.5. The van der Waals surface area contributed by atoms with E-state index in [0.717, 1.165) is 35.5 Å². The molecule has 1 N–H and O–H groups in total. The van der Waals surface area contributed by atoms with Crippen LogP contribution in [-0.2, 0) is 24.4 Å². The molecule has 0 saturated carbocycles. The number of halogens is 3. The van der Waals surface area contributed by atoms with Gasteiger partial charge in [0.05, 0.1) is 35.8 Å². The van der Waals surface area contributed by atoms with Crippen LogP contribution in [0.1, 0.15) is 40.2 Å². The molecule has 0 spiro atoms. The topological polar surface area (TPSA) is 76.8 Å². The van der Waals surface area contributed by atoms with Gasteiger partial charge in [-0.2, -0.15) is 0 Å². The van der Waals surface area contributed by atoms with Crippen LogP contribution in [0.25, 0.3) is 16.6 Å². The molecule has 0 amide bonds. The highest BCUT2D eigenvalue weighted by molar-refractivity contribution is 6.30. The number of ether oxygens (including phenoxy) is 2. The third kappa shape index (κ3) is 5.98. The van der Waals surface area contributed by atoms with Gasteiger partial charge in [-0.1, -0.05) is 23.7 Å². The van der Waals surface area contributed by atoms with Crippen LogP contribution in [0.5, 0.6) is 5.75 Å². The minimum atomic E-state index is -0.978. The fourth-order valence-corrected chi connectivity index (χ4v) is 5.36. The molecule has 2 aliphatic rings. The molecule has 7 nitrogen and oxygen atoms in total. The molecule has 3 heterocycles. The lowest BCUT2D eigenvalue weighted by atomic mass is 9.98. The number of aromatic nitrogens is 2. The van der Waals surface area contributed by atoms with E-state index in [4.69, 9.17) is 26.1 Å². The molecule has 4 aromatic rings. The van der Waals surface area contributed by atoms with Crippen molar-refractivity contribution < 1.29 is 28.2 Å². The van der Waals surface area contributed by atoms with E-state index in [-0.39, 0.29) is 24.1 Å². The Morgan fingerprint density at radius 2 is 1.98 bits per heavy atom. The number of aromatic carboxylic acids is 1. The van der Waals surface area contributed by atoms with Gasteiger partial charge in [-0.05, 0) is 66.9 Å².